The Kier molecular flexibility index (Phi) is 5.79. The molecule has 3 rings (SSSR count). The molecule has 0 radical (unpaired) electrons. The fourth-order valence-electron chi connectivity index (χ4n) is 2.74. The Morgan fingerprint density at radius 1 is 1.18 bits per heavy atom. The van der Waals surface area contributed by atoms with Gasteiger partial charge in [-0.3, -0.25) is 9.59 Å². The van der Waals surface area contributed by atoms with Crippen LogP contribution in [0.5, 0.6) is 5.75 Å². The molecule has 0 saturated carbocycles. The number of nitrogens with two attached hydrogens (primary N) is 1. The zero-order valence-corrected chi connectivity index (χ0v) is 16.1. The number of aromatic nitrogens is 1. The van der Waals surface area contributed by atoms with Gasteiger partial charge < -0.3 is 26.2 Å². The molecular weight excluding hydrogens is 405 g/mol. The second-order valence-corrected chi connectivity index (χ2v) is 6.94. The highest BCUT2D eigenvalue weighted by atomic mass is 35.5. The van der Waals surface area contributed by atoms with Crippen LogP contribution in [0.4, 0.5) is 5.69 Å². The van der Waals surface area contributed by atoms with Gasteiger partial charge in [-0.15, -0.1) is 0 Å². The summed E-state index contributed by atoms with van der Waals surface area (Å²) in [5.41, 5.74) is 6.49. The lowest BCUT2D eigenvalue weighted by atomic mass is 10.1. The molecule has 1 aromatic heterocycles. The molecular formula is C19H17Cl2N3O4. The minimum atomic E-state index is -0.597. The molecule has 28 heavy (non-hydrogen) atoms. The van der Waals surface area contributed by atoms with E-state index in [1.807, 2.05) is 0 Å². The Bertz CT molecular complexity index is 1110. The fourth-order valence-corrected chi connectivity index (χ4v) is 3.23. The van der Waals surface area contributed by atoms with Crippen LogP contribution in [0.3, 0.4) is 0 Å². The van der Waals surface area contributed by atoms with Gasteiger partial charge in [-0.1, -0.05) is 23.2 Å². The summed E-state index contributed by atoms with van der Waals surface area (Å²) in [7, 11) is 0. The number of hydrogen-bond donors (Lipinski definition) is 5. The van der Waals surface area contributed by atoms with Crippen molar-refractivity contribution in [1.82, 2.24) is 10.3 Å². The summed E-state index contributed by atoms with van der Waals surface area (Å²) < 4.78 is 0. The molecule has 2 aromatic carbocycles. The van der Waals surface area contributed by atoms with Crippen molar-refractivity contribution in [2.75, 3.05) is 18.9 Å². The Balaban J connectivity index is 2.11. The molecule has 7 nitrogen and oxygen atoms in total. The van der Waals surface area contributed by atoms with E-state index >= 15 is 0 Å². The van der Waals surface area contributed by atoms with Crippen LogP contribution in [0.2, 0.25) is 10.0 Å². The van der Waals surface area contributed by atoms with Crippen LogP contribution in [0.15, 0.2) is 35.1 Å². The van der Waals surface area contributed by atoms with Crippen molar-refractivity contribution in [2.24, 2.45) is 0 Å². The maximum Gasteiger partial charge on any atom is 0.251 e. The first-order valence-corrected chi connectivity index (χ1v) is 9.12. The molecule has 0 fully saturated rings. The van der Waals surface area contributed by atoms with Crippen LogP contribution in [0.25, 0.3) is 22.2 Å². The number of carbonyl (C=O) groups is 1. The first kappa shape index (κ1) is 20.0. The number of hydrogen-bond acceptors (Lipinski definition) is 5. The Labute approximate surface area is 169 Å². The summed E-state index contributed by atoms with van der Waals surface area (Å²) in [6.45, 7) is 0.299. The summed E-state index contributed by atoms with van der Waals surface area (Å²) in [5, 5.41) is 22.4. The Hall–Kier alpha value is -2.74. The van der Waals surface area contributed by atoms with Crippen molar-refractivity contribution in [3.05, 3.63) is 56.2 Å². The van der Waals surface area contributed by atoms with E-state index < -0.39 is 11.2 Å². The van der Waals surface area contributed by atoms with E-state index in [0.717, 1.165) is 0 Å². The zero-order chi connectivity index (χ0) is 20.4. The number of aromatic amines is 1. The number of amides is 1. The van der Waals surface area contributed by atoms with Crippen LogP contribution in [0, 0.1) is 0 Å². The van der Waals surface area contributed by atoms with Crippen molar-refractivity contribution in [1.29, 1.82) is 0 Å². The third kappa shape index (κ3) is 3.77. The smallest absolute Gasteiger partial charge is 0.251 e. The van der Waals surface area contributed by atoms with Gasteiger partial charge in [0.25, 0.3) is 5.91 Å². The summed E-state index contributed by atoms with van der Waals surface area (Å²) in [4.78, 5) is 27.7. The van der Waals surface area contributed by atoms with Crippen LogP contribution in [-0.2, 0) is 0 Å². The number of aromatic hydroxyl groups is 1. The standard InChI is InChI=1S/C19H17Cl2N3O4/c20-12-6-10(7-13(21)15(12)22)16-18(27)17(26)11-3-2-9(8-14(11)24-16)19(28)23-4-1-5-25/h2-3,6-8,25,27H,1,4-5,22H2,(H,23,28)(H,24,26). The number of carbonyl (C=O) groups excluding carboxylic acids is 1. The minimum absolute atomic E-state index is 0.0271. The number of pyridine rings is 1. The molecule has 9 heteroatoms. The molecule has 0 atom stereocenters. The highest BCUT2D eigenvalue weighted by Crippen LogP contribution is 2.35. The second-order valence-electron chi connectivity index (χ2n) is 6.12. The Morgan fingerprint density at radius 3 is 2.50 bits per heavy atom. The van der Waals surface area contributed by atoms with E-state index in [0.29, 0.717) is 29.6 Å². The van der Waals surface area contributed by atoms with Gasteiger partial charge in [0.1, 0.15) is 0 Å². The molecule has 0 aliphatic rings. The normalized spacial score (nSPS) is 11.0. The van der Waals surface area contributed by atoms with Crippen molar-refractivity contribution in [3.8, 4) is 17.0 Å². The van der Waals surface area contributed by atoms with Crippen molar-refractivity contribution < 1.29 is 15.0 Å². The Morgan fingerprint density at radius 2 is 1.86 bits per heavy atom. The first-order valence-electron chi connectivity index (χ1n) is 8.36. The van der Waals surface area contributed by atoms with Gasteiger partial charge in [-0.2, -0.15) is 0 Å². The number of rotatable bonds is 5. The minimum Gasteiger partial charge on any atom is -0.503 e. The lowest BCUT2D eigenvalue weighted by Crippen LogP contribution is -2.25. The quantitative estimate of drug-likeness (QED) is 0.319. The van der Waals surface area contributed by atoms with Crippen LogP contribution in [-0.4, -0.2) is 34.3 Å². The number of benzene rings is 2. The highest BCUT2D eigenvalue weighted by molar-refractivity contribution is 6.39. The number of nitrogen functional groups attached to an aromatic ring is 1. The number of aliphatic hydroxyl groups is 1. The van der Waals surface area contributed by atoms with Crippen molar-refractivity contribution in [3.63, 3.8) is 0 Å². The van der Waals surface area contributed by atoms with E-state index in [1.54, 1.807) is 0 Å². The summed E-state index contributed by atoms with van der Waals surface area (Å²) in [6, 6.07) is 7.41. The molecule has 0 bridgehead atoms. The van der Waals surface area contributed by atoms with Gasteiger partial charge in [0.05, 0.1) is 26.9 Å². The van der Waals surface area contributed by atoms with Gasteiger partial charge in [0.2, 0.25) is 5.43 Å². The lowest BCUT2D eigenvalue weighted by molar-refractivity contribution is 0.0951. The van der Waals surface area contributed by atoms with E-state index in [2.05, 4.69) is 10.3 Å². The number of anilines is 1. The van der Waals surface area contributed by atoms with Gasteiger partial charge in [-0.25, -0.2) is 0 Å². The number of aliphatic hydroxyl groups excluding tert-OH is 1. The van der Waals surface area contributed by atoms with Crippen LogP contribution in [0.1, 0.15) is 16.8 Å². The molecule has 1 heterocycles. The average molecular weight is 422 g/mol. The highest BCUT2D eigenvalue weighted by Gasteiger charge is 2.16. The SMILES string of the molecule is Nc1c(Cl)cc(-c2[nH]c3cc(C(=O)NCCCO)ccc3c(=O)c2O)cc1Cl. The monoisotopic (exact) mass is 421 g/mol. The van der Waals surface area contributed by atoms with Crippen LogP contribution >= 0.6 is 23.2 Å². The summed E-state index contributed by atoms with van der Waals surface area (Å²) in [6.07, 6.45) is 0.437. The van der Waals surface area contributed by atoms with Gasteiger partial charge in [0.15, 0.2) is 5.75 Å². The number of H-pyrrole nitrogens is 1. The molecule has 3 aromatic rings. The fraction of sp³-hybridized carbons (Fsp3) is 0.158. The maximum absolute atomic E-state index is 12.6. The van der Waals surface area contributed by atoms with E-state index in [9.17, 15) is 14.7 Å². The third-order valence-corrected chi connectivity index (χ3v) is 4.85. The molecule has 1 amide bonds. The van der Waals surface area contributed by atoms with E-state index in [1.165, 1.54) is 30.3 Å². The second kappa shape index (κ2) is 8.10. The molecule has 0 unspecified atom stereocenters. The third-order valence-electron chi connectivity index (χ3n) is 4.23. The van der Waals surface area contributed by atoms with Gasteiger partial charge in [0, 0.05) is 29.7 Å². The van der Waals surface area contributed by atoms with Crippen LogP contribution < -0.4 is 16.5 Å². The maximum atomic E-state index is 12.6. The summed E-state index contributed by atoms with van der Waals surface area (Å²) >= 11 is 12.1. The topological polar surface area (TPSA) is 128 Å². The van der Waals surface area contributed by atoms with Crippen molar-refractivity contribution in [2.45, 2.75) is 6.42 Å². The molecule has 6 N–H and O–H groups in total. The molecule has 0 spiro atoms. The predicted octanol–water partition coefficient (Wildman–Crippen LogP) is 2.90. The molecule has 0 aliphatic carbocycles. The number of halogens is 2. The van der Waals surface area contributed by atoms with Gasteiger partial charge in [-0.05, 0) is 36.8 Å². The molecule has 0 saturated heterocycles. The van der Waals surface area contributed by atoms with Crippen molar-refractivity contribution >= 4 is 45.7 Å². The predicted molar refractivity (Wildman–Crippen MR) is 110 cm³/mol. The number of fused-ring (bicyclic) bond motifs is 1. The van der Waals surface area contributed by atoms with E-state index in [-0.39, 0.29) is 39.3 Å². The van der Waals surface area contributed by atoms with Gasteiger partial charge >= 0.3 is 0 Å². The average Bonchev–Trinajstić information content (AvgIpc) is 2.68. The lowest BCUT2D eigenvalue weighted by Gasteiger charge is -2.11. The molecule has 146 valence electrons. The van der Waals surface area contributed by atoms with E-state index in [4.69, 9.17) is 34.0 Å². The first-order chi connectivity index (χ1) is 13.3. The number of nitrogens with one attached hydrogen (secondary N) is 2. The zero-order valence-electron chi connectivity index (χ0n) is 14.6. The largest absolute Gasteiger partial charge is 0.503 e. The summed E-state index contributed by atoms with van der Waals surface area (Å²) in [5.74, 6) is -0.839. The molecule has 0 aliphatic heterocycles.